The smallest absolute Gasteiger partial charge is 0.351 e. The van der Waals surface area contributed by atoms with Gasteiger partial charge < -0.3 is 15.3 Å². The van der Waals surface area contributed by atoms with E-state index in [2.05, 4.69) is 35.6 Å². The maximum absolute atomic E-state index is 13.4. The Morgan fingerprint density at radius 3 is 2.55 bits per heavy atom. The molecule has 3 heterocycles. The topological polar surface area (TPSA) is 128 Å². The SMILES string of the molecule is O=C(NCC(C(=O)Nc1ncc[nH]1)c1cccc(C(F)(F)F)c1)c1ccc2nc(-c3cc4ccccc4cn3)[nH]c2c1. The zero-order valence-corrected chi connectivity index (χ0v) is 21.7. The molecule has 2 amide bonds. The number of hydrogen-bond acceptors (Lipinski definition) is 5. The molecule has 210 valence electrons. The van der Waals surface area contributed by atoms with E-state index in [4.69, 9.17) is 0 Å². The second-order valence-electron chi connectivity index (χ2n) is 9.55. The van der Waals surface area contributed by atoms with Crippen molar-refractivity contribution in [2.45, 2.75) is 12.1 Å². The number of nitrogens with one attached hydrogen (secondary N) is 4. The van der Waals surface area contributed by atoms with Gasteiger partial charge in [-0.3, -0.25) is 19.9 Å². The van der Waals surface area contributed by atoms with Gasteiger partial charge >= 0.3 is 6.18 Å². The molecule has 0 spiro atoms. The number of carbonyl (C=O) groups excluding carboxylic acids is 2. The van der Waals surface area contributed by atoms with Crippen molar-refractivity contribution < 1.29 is 22.8 Å². The fourth-order valence-corrected chi connectivity index (χ4v) is 4.61. The Labute approximate surface area is 236 Å². The third kappa shape index (κ3) is 5.55. The summed E-state index contributed by atoms with van der Waals surface area (Å²) in [4.78, 5) is 45.1. The van der Waals surface area contributed by atoms with Crippen molar-refractivity contribution in [3.05, 3.63) is 108 Å². The van der Waals surface area contributed by atoms with Crippen molar-refractivity contribution in [3.63, 3.8) is 0 Å². The number of benzene rings is 3. The van der Waals surface area contributed by atoms with Crippen molar-refractivity contribution in [2.24, 2.45) is 0 Å². The standard InChI is InChI=1S/C30H22F3N7O2/c31-30(32,33)21-7-3-6-18(12-21)22(28(42)40-29-34-10-11-35-29)16-37-27(41)19-8-9-23-24(14-19)39-26(38-23)25-13-17-4-1-2-5-20(17)15-36-25/h1-15,22H,16H2,(H,37,41)(H,38,39)(H2,34,35,40,42). The summed E-state index contributed by atoms with van der Waals surface area (Å²) in [6, 6.07) is 19.1. The Bertz CT molecular complexity index is 1920. The van der Waals surface area contributed by atoms with Crippen molar-refractivity contribution >= 4 is 39.6 Å². The number of halogens is 3. The third-order valence-electron chi connectivity index (χ3n) is 6.76. The molecule has 6 aromatic rings. The summed E-state index contributed by atoms with van der Waals surface area (Å²) in [7, 11) is 0. The molecule has 4 N–H and O–H groups in total. The molecule has 0 saturated carbocycles. The number of imidazole rings is 2. The average molecular weight is 570 g/mol. The van der Waals surface area contributed by atoms with E-state index in [9.17, 15) is 22.8 Å². The predicted octanol–water partition coefficient (Wildman–Crippen LogP) is 5.67. The van der Waals surface area contributed by atoms with E-state index in [0.29, 0.717) is 22.6 Å². The molecular weight excluding hydrogens is 547 g/mol. The molecule has 0 bridgehead atoms. The van der Waals surface area contributed by atoms with Gasteiger partial charge in [-0.15, -0.1) is 0 Å². The summed E-state index contributed by atoms with van der Waals surface area (Å²) in [5.74, 6) is -1.62. The molecule has 3 aromatic heterocycles. The Morgan fingerprint density at radius 2 is 1.76 bits per heavy atom. The number of aromatic amines is 2. The van der Waals surface area contributed by atoms with Gasteiger partial charge in [0.25, 0.3) is 5.91 Å². The van der Waals surface area contributed by atoms with Gasteiger partial charge in [0.15, 0.2) is 5.82 Å². The van der Waals surface area contributed by atoms with Crippen molar-refractivity contribution in [1.29, 1.82) is 0 Å². The Kier molecular flexibility index (Phi) is 6.87. The normalized spacial score (nSPS) is 12.4. The maximum atomic E-state index is 13.4. The molecule has 12 heteroatoms. The lowest BCUT2D eigenvalue weighted by atomic mass is 9.96. The van der Waals surface area contributed by atoms with Crippen molar-refractivity contribution in [3.8, 4) is 11.5 Å². The quantitative estimate of drug-likeness (QED) is 0.197. The number of anilines is 1. The molecule has 6 rings (SSSR count). The summed E-state index contributed by atoms with van der Waals surface area (Å²) in [6.45, 7) is -0.264. The lowest BCUT2D eigenvalue weighted by Gasteiger charge is -2.19. The average Bonchev–Trinajstić information content (AvgIpc) is 3.66. The second-order valence-corrected chi connectivity index (χ2v) is 9.55. The number of alkyl halides is 3. The Balaban J connectivity index is 1.23. The Morgan fingerprint density at radius 1 is 0.929 bits per heavy atom. The van der Waals surface area contributed by atoms with E-state index in [-0.39, 0.29) is 23.6 Å². The monoisotopic (exact) mass is 569 g/mol. The molecular formula is C30H22F3N7O2. The first kappa shape index (κ1) is 26.7. The molecule has 42 heavy (non-hydrogen) atoms. The largest absolute Gasteiger partial charge is 0.416 e. The Hall–Kier alpha value is -5.52. The number of rotatable bonds is 7. The van der Waals surface area contributed by atoms with E-state index >= 15 is 0 Å². The minimum absolute atomic E-state index is 0.0886. The predicted molar refractivity (Wildman–Crippen MR) is 151 cm³/mol. The summed E-state index contributed by atoms with van der Waals surface area (Å²) in [5, 5.41) is 7.23. The van der Waals surface area contributed by atoms with E-state index < -0.39 is 29.5 Å². The summed E-state index contributed by atoms with van der Waals surface area (Å²) >= 11 is 0. The fraction of sp³-hybridized carbons (Fsp3) is 0.100. The summed E-state index contributed by atoms with van der Waals surface area (Å²) in [5.41, 5.74) is 1.32. The fourth-order valence-electron chi connectivity index (χ4n) is 4.61. The van der Waals surface area contributed by atoms with Crippen LogP contribution >= 0.6 is 0 Å². The van der Waals surface area contributed by atoms with Crippen LogP contribution in [0.5, 0.6) is 0 Å². The molecule has 3 aromatic carbocycles. The van der Waals surface area contributed by atoms with E-state index in [1.165, 1.54) is 24.5 Å². The van der Waals surface area contributed by atoms with Crippen LogP contribution in [0.2, 0.25) is 0 Å². The first-order chi connectivity index (χ1) is 20.2. The molecule has 0 aliphatic carbocycles. The highest BCUT2D eigenvalue weighted by atomic mass is 19.4. The number of hydrogen-bond donors (Lipinski definition) is 4. The van der Waals surface area contributed by atoms with Crippen LogP contribution in [0.1, 0.15) is 27.4 Å². The highest BCUT2D eigenvalue weighted by Crippen LogP contribution is 2.31. The molecule has 0 fully saturated rings. The first-order valence-corrected chi connectivity index (χ1v) is 12.8. The molecule has 0 saturated heterocycles. The van der Waals surface area contributed by atoms with Gasteiger partial charge in [0.05, 0.1) is 22.5 Å². The molecule has 0 radical (unpaired) electrons. The summed E-state index contributed by atoms with van der Waals surface area (Å²) in [6.07, 6.45) is 0.0784. The van der Waals surface area contributed by atoms with Gasteiger partial charge in [-0.1, -0.05) is 42.5 Å². The van der Waals surface area contributed by atoms with Gasteiger partial charge in [0, 0.05) is 36.1 Å². The number of pyridine rings is 1. The van der Waals surface area contributed by atoms with Crippen LogP contribution in [0, 0.1) is 0 Å². The van der Waals surface area contributed by atoms with Crippen molar-refractivity contribution in [1.82, 2.24) is 30.2 Å². The van der Waals surface area contributed by atoms with E-state index in [1.807, 2.05) is 30.3 Å². The highest BCUT2D eigenvalue weighted by Gasteiger charge is 2.32. The second kappa shape index (κ2) is 10.8. The number of H-pyrrole nitrogens is 2. The molecule has 0 aliphatic rings. The highest BCUT2D eigenvalue weighted by molar-refractivity contribution is 5.99. The number of amides is 2. The lowest BCUT2D eigenvalue weighted by molar-refractivity contribution is -0.137. The van der Waals surface area contributed by atoms with Gasteiger partial charge in [0.1, 0.15) is 5.69 Å². The minimum Gasteiger partial charge on any atom is -0.351 e. The van der Waals surface area contributed by atoms with Crippen LogP contribution in [0.4, 0.5) is 19.1 Å². The zero-order chi connectivity index (χ0) is 29.3. The van der Waals surface area contributed by atoms with Gasteiger partial charge in [0.2, 0.25) is 11.9 Å². The number of fused-ring (bicyclic) bond motifs is 2. The van der Waals surface area contributed by atoms with Crippen LogP contribution in [0.15, 0.2) is 91.4 Å². The molecule has 1 atom stereocenters. The zero-order valence-electron chi connectivity index (χ0n) is 21.7. The first-order valence-electron chi connectivity index (χ1n) is 12.8. The van der Waals surface area contributed by atoms with Crippen molar-refractivity contribution in [2.75, 3.05) is 11.9 Å². The van der Waals surface area contributed by atoms with E-state index in [1.54, 1.807) is 24.4 Å². The van der Waals surface area contributed by atoms with E-state index in [0.717, 1.165) is 22.9 Å². The van der Waals surface area contributed by atoms with Crippen LogP contribution in [-0.2, 0) is 11.0 Å². The van der Waals surface area contributed by atoms with Gasteiger partial charge in [-0.05, 0) is 41.3 Å². The van der Waals surface area contributed by atoms with Gasteiger partial charge in [-0.2, -0.15) is 13.2 Å². The maximum Gasteiger partial charge on any atom is 0.416 e. The molecule has 1 unspecified atom stereocenters. The number of aromatic nitrogens is 5. The third-order valence-corrected chi connectivity index (χ3v) is 6.76. The van der Waals surface area contributed by atoms with Crippen LogP contribution in [0.3, 0.4) is 0 Å². The minimum atomic E-state index is -4.60. The van der Waals surface area contributed by atoms with Crippen LogP contribution in [0.25, 0.3) is 33.3 Å². The number of nitrogens with zero attached hydrogens (tertiary/aromatic N) is 3. The molecule has 0 aliphatic heterocycles. The molecule has 9 nitrogen and oxygen atoms in total. The van der Waals surface area contributed by atoms with Gasteiger partial charge in [-0.25, -0.2) is 9.97 Å². The number of carbonyl (C=O) groups is 2. The van der Waals surface area contributed by atoms with Crippen LogP contribution in [-0.4, -0.2) is 43.3 Å². The summed E-state index contributed by atoms with van der Waals surface area (Å²) < 4.78 is 40.1. The lowest BCUT2D eigenvalue weighted by Crippen LogP contribution is -2.34. The van der Waals surface area contributed by atoms with Crippen LogP contribution < -0.4 is 10.6 Å².